The smallest absolute Gasteiger partial charge is 0.315 e. The van der Waals surface area contributed by atoms with Crippen molar-refractivity contribution < 1.29 is 24.6 Å². The first-order valence-corrected chi connectivity index (χ1v) is 7.80. The van der Waals surface area contributed by atoms with Crippen LogP contribution in [-0.2, 0) is 15.1 Å². The Morgan fingerprint density at radius 2 is 1.88 bits per heavy atom. The van der Waals surface area contributed by atoms with Gasteiger partial charge in [-0.25, -0.2) is 4.79 Å². The monoisotopic (exact) mass is 348 g/mol. The second kappa shape index (κ2) is 8.32. The Morgan fingerprint density at radius 3 is 2.40 bits per heavy atom. The molecule has 0 spiro atoms. The number of hydrogen-bond donors (Lipinski definition) is 4. The number of benzene rings is 1. The molecule has 0 aliphatic heterocycles. The van der Waals surface area contributed by atoms with Crippen molar-refractivity contribution in [2.75, 3.05) is 6.54 Å². The molecule has 136 valence electrons. The first-order chi connectivity index (χ1) is 11.5. The number of amides is 2. The highest BCUT2D eigenvalue weighted by Gasteiger charge is 2.25. The first-order valence-electron chi connectivity index (χ1n) is 7.80. The molecule has 0 saturated heterocycles. The van der Waals surface area contributed by atoms with E-state index in [0.717, 1.165) is 16.7 Å². The summed E-state index contributed by atoms with van der Waals surface area (Å²) in [7, 11) is 0. The summed E-state index contributed by atoms with van der Waals surface area (Å²) in [5.74, 6) is -3.68. The van der Waals surface area contributed by atoms with Crippen LogP contribution in [0.15, 0.2) is 30.8 Å². The van der Waals surface area contributed by atoms with Crippen LogP contribution in [0.2, 0.25) is 0 Å². The summed E-state index contributed by atoms with van der Waals surface area (Å²) in [6.07, 6.45) is -0.556. The second-order valence-electron chi connectivity index (χ2n) is 6.45. The molecule has 7 nitrogen and oxygen atoms in total. The lowest BCUT2D eigenvalue weighted by Gasteiger charge is -2.28. The molecule has 0 aliphatic rings. The molecule has 0 aliphatic carbocycles. The van der Waals surface area contributed by atoms with Crippen molar-refractivity contribution in [2.24, 2.45) is 5.92 Å². The van der Waals surface area contributed by atoms with E-state index < -0.39 is 35.8 Å². The quantitative estimate of drug-likeness (QED) is 0.576. The van der Waals surface area contributed by atoms with Crippen LogP contribution in [0.25, 0.3) is 5.57 Å². The standard InChI is InChI=1S/C18H24N2O5/c1-11(2)12-6-5-7-14(8-12)18(3,4)20-17(25)19-10-13(16(23)24)9-15(21)22/h5-8,13H,1,9-10H2,2-4H3,(H,21,22)(H,23,24)(H2,19,20,25). The molecule has 2 amide bonds. The van der Waals surface area contributed by atoms with Gasteiger partial charge in [0.05, 0.1) is 17.9 Å². The van der Waals surface area contributed by atoms with Gasteiger partial charge in [-0.05, 0) is 38.0 Å². The number of carboxylic acid groups (broad SMARTS) is 2. The van der Waals surface area contributed by atoms with Crippen LogP contribution in [0.4, 0.5) is 4.79 Å². The van der Waals surface area contributed by atoms with Gasteiger partial charge in [-0.15, -0.1) is 0 Å². The van der Waals surface area contributed by atoms with Crippen LogP contribution in [0, 0.1) is 5.92 Å². The molecular formula is C18H24N2O5. The Labute approximate surface area is 146 Å². The molecule has 0 fully saturated rings. The minimum atomic E-state index is -1.27. The minimum absolute atomic E-state index is 0.268. The van der Waals surface area contributed by atoms with Gasteiger partial charge in [0.1, 0.15) is 0 Å². The highest BCUT2D eigenvalue weighted by Crippen LogP contribution is 2.23. The molecule has 1 atom stereocenters. The Balaban J connectivity index is 2.74. The van der Waals surface area contributed by atoms with Crippen LogP contribution in [0.3, 0.4) is 0 Å². The number of carbonyl (C=O) groups excluding carboxylic acids is 1. The van der Waals surface area contributed by atoms with Crippen molar-refractivity contribution in [3.05, 3.63) is 42.0 Å². The number of carboxylic acids is 2. The number of nitrogens with one attached hydrogen (secondary N) is 2. The van der Waals surface area contributed by atoms with E-state index in [1.807, 2.05) is 45.0 Å². The van der Waals surface area contributed by atoms with Gasteiger partial charge in [0.2, 0.25) is 0 Å². The fourth-order valence-corrected chi connectivity index (χ4v) is 2.25. The highest BCUT2D eigenvalue weighted by atomic mass is 16.4. The van der Waals surface area contributed by atoms with Crippen LogP contribution in [0.1, 0.15) is 38.3 Å². The molecule has 25 heavy (non-hydrogen) atoms. The fraction of sp³-hybridized carbons (Fsp3) is 0.389. The molecule has 4 N–H and O–H groups in total. The van der Waals surface area contributed by atoms with Crippen LogP contribution in [-0.4, -0.2) is 34.7 Å². The van der Waals surface area contributed by atoms with Crippen LogP contribution in [0.5, 0.6) is 0 Å². The Bertz CT molecular complexity index is 682. The van der Waals surface area contributed by atoms with Gasteiger partial charge in [-0.3, -0.25) is 9.59 Å². The van der Waals surface area contributed by atoms with Gasteiger partial charge in [-0.2, -0.15) is 0 Å². The second-order valence-corrected chi connectivity index (χ2v) is 6.45. The van der Waals surface area contributed by atoms with E-state index in [-0.39, 0.29) is 6.54 Å². The summed E-state index contributed by atoms with van der Waals surface area (Å²) in [5, 5.41) is 22.9. The third-order valence-corrected chi connectivity index (χ3v) is 3.78. The maximum absolute atomic E-state index is 12.1. The van der Waals surface area contributed by atoms with E-state index in [4.69, 9.17) is 10.2 Å². The highest BCUT2D eigenvalue weighted by molar-refractivity contribution is 5.80. The zero-order chi connectivity index (χ0) is 19.2. The van der Waals surface area contributed by atoms with Crippen LogP contribution >= 0.6 is 0 Å². The Morgan fingerprint density at radius 1 is 1.24 bits per heavy atom. The van der Waals surface area contributed by atoms with Crippen molar-refractivity contribution in [3.8, 4) is 0 Å². The molecule has 7 heteroatoms. The summed E-state index contributed by atoms with van der Waals surface area (Å²) in [6.45, 7) is 9.15. The number of rotatable bonds is 8. The fourth-order valence-electron chi connectivity index (χ4n) is 2.25. The average molecular weight is 348 g/mol. The van der Waals surface area contributed by atoms with Crippen molar-refractivity contribution in [1.29, 1.82) is 0 Å². The normalized spacial score (nSPS) is 12.1. The van der Waals surface area contributed by atoms with Crippen LogP contribution < -0.4 is 10.6 Å². The van der Waals surface area contributed by atoms with Gasteiger partial charge in [-0.1, -0.05) is 30.4 Å². The Kier molecular flexibility index (Phi) is 6.73. The summed E-state index contributed by atoms with van der Waals surface area (Å²) in [4.78, 5) is 33.8. The summed E-state index contributed by atoms with van der Waals surface area (Å²) >= 11 is 0. The predicted octanol–water partition coefficient (Wildman–Crippen LogP) is 2.43. The van der Waals surface area contributed by atoms with E-state index in [1.54, 1.807) is 0 Å². The first kappa shape index (κ1) is 20.2. The SMILES string of the molecule is C=C(C)c1cccc(C(C)(C)NC(=O)NCC(CC(=O)O)C(=O)O)c1. The third kappa shape index (κ3) is 6.29. The molecule has 0 radical (unpaired) electrons. The van der Waals surface area contributed by atoms with Crippen molar-refractivity contribution in [3.63, 3.8) is 0 Å². The molecule has 1 unspecified atom stereocenters. The lowest BCUT2D eigenvalue weighted by molar-refractivity contribution is -0.148. The summed E-state index contributed by atoms with van der Waals surface area (Å²) < 4.78 is 0. The van der Waals surface area contributed by atoms with Crippen molar-refractivity contribution >= 4 is 23.5 Å². The molecule has 0 aromatic heterocycles. The average Bonchev–Trinajstić information content (AvgIpc) is 2.50. The molecule has 1 rings (SSSR count). The molecule has 0 saturated carbocycles. The number of carbonyl (C=O) groups is 3. The topological polar surface area (TPSA) is 116 Å². The van der Waals surface area contributed by atoms with Gasteiger partial charge < -0.3 is 20.8 Å². The zero-order valence-corrected chi connectivity index (χ0v) is 14.6. The number of hydrogen-bond acceptors (Lipinski definition) is 3. The number of allylic oxidation sites excluding steroid dienone is 1. The van der Waals surface area contributed by atoms with E-state index in [2.05, 4.69) is 17.2 Å². The van der Waals surface area contributed by atoms with E-state index >= 15 is 0 Å². The molecule has 0 bridgehead atoms. The van der Waals surface area contributed by atoms with E-state index in [0.29, 0.717) is 0 Å². The van der Waals surface area contributed by atoms with Crippen molar-refractivity contribution in [2.45, 2.75) is 32.7 Å². The minimum Gasteiger partial charge on any atom is -0.481 e. The van der Waals surface area contributed by atoms with Gasteiger partial charge >= 0.3 is 18.0 Å². The lowest BCUT2D eigenvalue weighted by atomic mass is 9.92. The molecule has 1 aromatic rings. The number of urea groups is 1. The predicted molar refractivity (Wildman–Crippen MR) is 94.1 cm³/mol. The molecular weight excluding hydrogens is 324 g/mol. The maximum Gasteiger partial charge on any atom is 0.315 e. The number of aliphatic carboxylic acids is 2. The van der Waals surface area contributed by atoms with Gasteiger partial charge in [0.25, 0.3) is 0 Å². The van der Waals surface area contributed by atoms with Crippen molar-refractivity contribution in [1.82, 2.24) is 10.6 Å². The summed E-state index contributed by atoms with van der Waals surface area (Å²) in [6, 6.07) is 7.02. The summed E-state index contributed by atoms with van der Waals surface area (Å²) in [5.41, 5.74) is 2.02. The zero-order valence-electron chi connectivity index (χ0n) is 14.6. The molecule has 1 aromatic carbocycles. The van der Waals surface area contributed by atoms with E-state index in [1.165, 1.54) is 0 Å². The lowest BCUT2D eigenvalue weighted by Crippen LogP contribution is -2.48. The third-order valence-electron chi connectivity index (χ3n) is 3.78. The van der Waals surface area contributed by atoms with Gasteiger partial charge in [0, 0.05) is 6.54 Å². The van der Waals surface area contributed by atoms with Gasteiger partial charge in [0.15, 0.2) is 0 Å². The maximum atomic E-state index is 12.1. The van der Waals surface area contributed by atoms with E-state index in [9.17, 15) is 14.4 Å². The Hall–Kier alpha value is -2.83. The largest absolute Gasteiger partial charge is 0.481 e. The molecule has 0 heterocycles.